The molecule has 0 spiro atoms. The van der Waals surface area contributed by atoms with E-state index in [4.69, 9.17) is 14.6 Å². The van der Waals surface area contributed by atoms with E-state index in [1.165, 1.54) is 6.92 Å². The van der Waals surface area contributed by atoms with E-state index in [2.05, 4.69) is 19.6 Å². The van der Waals surface area contributed by atoms with Gasteiger partial charge in [-0.2, -0.15) is 0 Å². The Bertz CT molecular complexity index is 348. The summed E-state index contributed by atoms with van der Waals surface area (Å²) in [5.41, 5.74) is 0.936. The SMILES string of the molecule is C=C(COC(C)=O)C[C@H](C)C[C@@H]1CC=C[C@@H](CCO)O1. The number of rotatable bonds is 8. The fraction of sp³-hybridized carbons (Fsp3) is 0.688. The molecule has 0 aliphatic carbocycles. The van der Waals surface area contributed by atoms with Crippen LogP contribution in [0.3, 0.4) is 0 Å². The third-order valence-electron chi connectivity index (χ3n) is 3.31. The van der Waals surface area contributed by atoms with Crippen LogP contribution in [0.2, 0.25) is 0 Å². The summed E-state index contributed by atoms with van der Waals surface area (Å²) in [5.74, 6) is 0.163. The molecule has 0 saturated heterocycles. The van der Waals surface area contributed by atoms with Crippen LogP contribution in [0.4, 0.5) is 0 Å². The van der Waals surface area contributed by atoms with Gasteiger partial charge in [0, 0.05) is 20.0 Å². The normalized spacial score (nSPS) is 23.4. The molecule has 1 N–H and O–H groups in total. The maximum atomic E-state index is 10.7. The minimum atomic E-state index is -0.272. The van der Waals surface area contributed by atoms with Gasteiger partial charge in [-0.3, -0.25) is 4.79 Å². The standard InChI is InChI=1S/C16H26O4/c1-12(9-13(2)11-19-14(3)18)10-16-6-4-5-15(20-16)7-8-17/h4-5,12,15-17H,2,6-11H2,1,3H3/t12-,15-,16-/m0/s1. The molecule has 4 heteroatoms. The van der Waals surface area contributed by atoms with Gasteiger partial charge in [0.05, 0.1) is 12.2 Å². The molecular weight excluding hydrogens is 256 g/mol. The summed E-state index contributed by atoms with van der Waals surface area (Å²) in [4.78, 5) is 10.7. The average Bonchev–Trinajstić information content (AvgIpc) is 2.37. The maximum Gasteiger partial charge on any atom is 0.302 e. The van der Waals surface area contributed by atoms with Crippen LogP contribution in [0.25, 0.3) is 0 Å². The van der Waals surface area contributed by atoms with Gasteiger partial charge in [-0.25, -0.2) is 0 Å². The van der Waals surface area contributed by atoms with Crippen LogP contribution >= 0.6 is 0 Å². The van der Waals surface area contributed by atoms with E-state index in [9.17, 15) is 4.79 Å². The number of esters is 1. The van der Waals surface area contributed by atoms with E-state index in [-0.39, 0.29) is 24.8 Å². The second-order valence-electron chi connectivity index (χ2n) is 5.55. The molecule has 1 heterocycles. The number of hydrogen-bond donors (Lipinski definition) is 1. The molecule has 1 aliphatic heterocycles. The first-order chi connectivity index (χ1) is 9.51. The summed E-state index contributed by atoms with van der Waals surface area (Å²) in [7, 11) is 0. The highest BCUT2D eigenvalue weighted by Crippen LogP contribution is 2.23. The van der Waals surface area contributed by atoms with Crippen LogP contribution in [0.1, 0.15) is 39.5 Å². The van der Waals surface area contributed by atoms with Crippen LogP contribution in [0.5, 0.6) is 0 Å². The van der Waals surface area contributed by atoms with Crippen molar-refractivity contribution in [3.8, 4) is 0 Å². The van der Waals surface area contributed by atoms with Gasteiger partial charge in [0.25, 0.3) is 0 Å². The van der Waals surface area contributed by atoms with Gasteiger partial charge in [0.15, 0.2) is 0 Å². The number of carbonyl (C=O) groups excluding carboxylic acids is 1. The Balaban J connectivity index is 2.28. The molecule has 4 nitrogen and oxygen atoms in total. The molecular formula is C16H26O4. The van der Waals surface area contributed by atoms with Crippen molar-refractivity contribution in [2.24, 2.45) is 5.92 Å². The van der Waals surface area contributed by atoms with Crippen molar-refractivity contribution in [2.75, 3.05) is 13.2 Å². The summed E-state index contributed by atoms with van der Waals surface area (Å²) < 4.78 is 10.9. The molecule has 3 atom stereocenters. The minimum Gasteiger partial charge on any atom is -0.461 e. The molecule has 0 radical (unpaired) electrons. The maximum absolute atomic E-state index is 10.7. The Labute approximate surface area is 121 Å². The number of aliphatic hydroxyl groups is 1. The Morgan fingerprint density at radius 1 is 1.60 bits per heavy atom. The van der Waals surface area contributed by atoms with Crippen LogP contribution < -0.4 is 0 Å². The van der Waals surface area contributed by atoms with Gasteiger partial charge in [-0.15, -0.1) is 0 Å². The van der Waals surface area contributed by atoms with E-state index in [0.717, 1.165) is 24.8 Å². The van der Waals surface area contributed by atoms with E-state index >= 15 is 0 Å². The van der Waals surface area contributed by atoms with Gasteiger partial charge >= 0.3 is 5.97 Å². The van der Waals surface area contributed by atoms with Crippen molar-refractivity contribution in [3.63, 3.8) is 0 Å². The summed E-state index contributed by atoms with van der Waals surface area (Å²) in [6, 6.07) is 0. The number of hydrogen-bond acceptors (Lipinski definition) is 4. The summed E-state index contributed by atoms with van der Waals surface area (Å²) in [5, 5.41) is 8.94. The average molecular weight is 282 g/mol. The van der Waals surface area contributed by atoms with Gasteiger partial charge in [0.1, 0.15) is 6.61 Å². The monoisotopic (exact) mass is 282 g/mol. The predicted octanol–water partition coefficient (Wildman–Crippen LogP) is 2.62. The van der Waals surface area contributed by atoms with Crippen molar-refractivity contribution in [3.05, 3.63) is 24.3 Å². The highest BCUT2D eigenvalue weighted by Gasteiger charge is 2.20. The topological polar surface area (TPSA) is 55.8 Å². The smallest absolute Gasteiger partial charge is 0.302 e. The highest BCUT2D eigenvalue weighted by molar-refractivity contribution is 5.66. The quantitative estimate of drug-likeness (QED) is 0.549. The second kappa shape index (κ2) is 8.93. The number of carbonyl (C=O) groups is 1. The fourth-order valence-electron chi connectivity index (χ4n) is 2.46. The molecule has 0 bridgehead atoms. The van der Waals surface area contributed by atoms with Gasteiger partial charge in [0.2, 0.25) is 0 Å². The van der Waals surface area contributed by atoms with E-state index in [1.807, 2.05) is 6.08 Å². The lowest BCUT2D eigenvalue weighted by Crippen LogP contribution is -2.26. The molecule has 0 saturated carbocycles. The highest BCUT2D eigenvalue weighted by atomic mass is 16.5. The second-order valence-corrected chi connectivity index (χ2v) is 5.55. The van der Waals surface area contributed by atoms with Crippen LogP contribution in [-0.2, 0) is 14.3 Å². The number of ether oxygens (including phenoxy) is 2. The first-order valence-electron chi connectivity index (χ1n) is 7.24. The fourth-order valence-corrected chi connectivity index (χ4v) is 2.46. The molecule has 0 aromatic carbocycles. The molecule has 1 aliphatic rings. The van der Waals surface area contributed by atoms with Crippen molar-refractivity contribution in [1.29, 1.82) is 0 Å². The Hall–Kier alpha value is -1.13. The zero-order valence-corrected chi connectivity index (χ0v) is 12.5. The third kappa shape index (κ3) is 6.87. The number of aliphatic hydroxyl groups excluding tert-OH is 1. The minimum absolute atomic E-state index is 0.0372. The lowest BCUT2D eigenvalue weighted by molar-refractivity contribution is -0.140. The molecule has 0 aromatic heterocycles. The van der Waals surface area contributed by atoms with Gasteiger partial charge in [-0.05, 0) is 30.8 Å². The summed E-state index contributed by atoms with van der Waals surface area (Å²) >= 11 is 0. The van der Waals surface area contributed by atoms with Gasteiger partial charge in [-0.1, -0.05) is 25.7 Å². The van der Waals surface area contributed by atoms with Gasteiger partial charge < -0.3 is 14.6 Å². The lowest BCUT2D eigenvalue weighted by atomic mass is 9.94. The van der Waals surface area contributed by atoms with Crippen LogP contribution in [0.15, 0.2) is 24.3 Å². The molecule has 114 valence electrons. The molecule has 0 aromatic rings. The first kappa shape index (κ1) is 16.9. The summed E-state index contributed by atoms with van der Waals surface area (Å²) in [6.45, 7) is 7.95. The van der Waals surface area contributed by atoms with Crippen molar-refractivity contribution < 1.29 is 19.4 Å². The van der Waals surface area contributed by atoms with Crippen molar-refractivity contribution in [1.82, 2.24) is 0 Å². The zero-order valence-electron chi connectivity index (χ0n) is 12.5. The lowest BCUT2D eigenvalue weighted by Gasteiger charge is -2.28. The van der Waals surface area contributed by atoms with Crippen LogP contribution in [0, 0.1) is 5.92 Å². The predicted molar refractivity (Wildman–Crippen MR) is 78.3 cm³/mol. The molecule has 0 unspecified atom stereocenters. The molecule has 0 amide bonds. The van der Waals surface area contributed by atoms with Crippen molar-refractivity contribution in [2.45, 2.75) is 51.7 Å². The molecule has 0 fully saturated rings. The summed E-state index contributed by atoms with van der Waals surface area (Å²) in [6.07, 6.45) is 7.76. The van der Waals surface area contributed by atoms with Crippen LogP contribution in [-0.4, -0.2) is 36.5 Å². The third-order valence-corrected chi connectivity index (χ3v) is 3.31. The van der Waals surface area contributed by atoms with E-state index in [1.54, 1.807) is 0 Å². The Morgan fingerprint density at radius 2 is 2.35 bits per heavy atom. The largest absolute Gasteiger partial charge is 0.461 e. The molecule has 20 heavy (non-hydrogen) atoms. The molecule has 1 rings (SSSR count). The first-order valence-corrected chi connectivity index (χ1v) is 7.24. The van der Waals surface area contributed by atoms with E-state index < -0.39 is 0 Å². The van der Waals surface area contributed by atoms with Crippen molar-refractivity contribution >= 4 is 5.97 Å². The van der Waals surface area contributed by atoms with E-state index in [0.29, 0.717) is 18.9 Å². The zero-order chi connectivity index (χ0) is 15.0. The Kier molecular flexibility index (Phi) is 7.55. The Morgan fingerprint density at radius 3 is 3.00 bits per heavy atom.